The highest BCUT2D eigenvalue weighted by molar-refractivity contribution is 7.22. The molecule has 3 heterocycles. The van der Waals surface area contributed by atoms with Crippen LogP contribution in [0, 0.1) is 0 Å². The highest BCUT2D eigenvalue weighted by atomic mass is 32.1. The van der Waals surface area contributed by atoms with E-state index in [9.17, 15) is 0 Å². The number of aromatic nitrogens is 2. The molecule has 3 aromatic heterocycles. The lowest BCUT2D eigenvalue weighted by molar-refractivity contribution is 0.670. The zero-order valence-corrected chi connectivity index (χ0v) is 22.2. The second-order valence-electron chi connectivity index (χ2n) is 9.84. The molecule has 0 N–H and O–H groups in total. The zero-order valence-electron chi connectivity index (χ0n) is 21.4. The van der Waals surface area contributed by atoms with Gasteiger partial charge in [-0.2, -0.15) is 0 Å². The SMILES string of the molecule is c1ccc(-c2cccc(-c3nc(-c4cc5ccccc5s4)cc(-c4cccc5c4oc4ccccc45)n3)c2)cc1. The first kappa shape index (κ1) is 22.9. The van der Waals surface area contributed by atoms with Crippen molar-refractivity contribution in [3.63, 3.8) is 0 Å². The van der Waals surface area contributed by atoms with Crippen molar-refractivity contribution in [1.29, 1.82) is 0 Å². The molecule has 0 unspecified atom stereocenters. The Morgan fingerprint density at radius 2 is 1.25 bits per heavy atom. The van der Waals surface area contributed by atoms with Crippen molar-refractivity contribution in [1.82, 2.24) is 9.97 Å². The van der Waals surface area contributed by atoms with Crippen LogP contribution in [0.15, 0.2) is 138 Å². The van der Waals surface area contributed by atoms with E-state index in [0.29, 0.717) is 5.82 Å². The summed E-state index contributed by atoms with van der Waals surface area (Å²) in [6.07, 6.45) is 0. The van der Waals surface area contributed by atoms with Crippen molar-refractivity contribution in [3.05, 3.63) is 133 Å². The van der Waals surface area contributed by atoms with Crippen LogP contribution in [-0.2, 0) is 0 Å². The molecule has 0 saturated carbocycles. The van der Waals surface area contributed by atoms with Crippen molar-refractivity contribution in [2.24, 2.45) is 0 Å². The summed E-state index contributed by atoms with van der Waals surface area (Å²) < 4.78 is 7.64. The van der Waals surface area contributed by atoms with Crippen LogP contribution in [0.3, 0.4) is 0 Å². The minimum Gasteiger partial charge on any atom is -0.455 e. The molecule has 8 rings (SSSR count). The van der Waals surface area contributed by atoms with Crippen LogP contribution in [-0.4, -0.2) is 9.97 Å². The summed E-state index contributed by atoms with van der Waals surface area (Å²) in [5, 5.41) is 3.41. The quantitative estimate of drug-likeness (QED) is 0.227. The molecule has 0 spiro atoms. The molecule has 0 aliphatic carbocycles. The number of hydrogen-bond acceptors (Lipinski definition) is 4. The van der Waals surface area contributed by atoms with Crippen LogP contribution < -0.4 is 0 Å². The lowest BCUT2D eigenvalue weighted by atomic mass is 10.0. The second-order valence-corrected chi connectivity index (χ2v) is 10.9. The van der Waals surface area contributed by atoms with E-state index in [2.05, 4.69) is 109 Å². The van der Waals surface area contributed by atoms with Crippen molar-refractivity contribution in [2.45, 2.75) is 0 Å². The maximum Gasteiger partial charge on any atom is 0.160 e. The zero-order chi connectivity index (χ0) is 26.5. The summed E-state index contributed by atoms with van der Waals surface area (Å²) in [5.74, 6) is 0.691. The molecule has 0 bridgehead atoms. The lowest BCUT2D eigenvalue weighted by Crippen LogP contribution is -1.95. The lowest BCUT2D eigenvalue weighted by Gasteiger charge is -2.10. The van der Waals surface area contributed by atoms with Gasteiger partial charge in [-0.1, -0.05) is 97.1 Å². The van der Waals surface area contributed by atoms with Gasteiger partial charge in [0.15, 0.2) is 5.82 Å². The Morgan fingerprint density at radius 1 is 0.525 bits per heavy atom. The number of hydrogen-bond donors (Lipinski definition) is 0. The maximum absolute atomic E-state index is 6.40. The van der Waals surface area contributed by atoms with E-state index in [0.717, 1.165) is 60.5 Å². The highest BCUT2D eigenvalue weighted by Gasteiger charge is 2.17. The molecule has 0 aliphatic heterocycles. The van der Waals surface area contributed by atoms with E-state index in [1.807, 2.05) is 24.3 Å². The van der Waals surface area contributed by atoms with E-state index >= 15 is 0 Å². The van der Waals surface area contributed by atoms with Gasteiger partial charge in [0.2, 0.25) is 0 Å². The van der Waals surface area contributed by atoms with Gasteiger partial charge in [-0.05, 0) is 52.9 Å². The van der Waals surface area contributed by atoms with Gasteiger partial charge in [-0.3, -0.25) is 0 Å². The van der Waals surface area contributed by atoms with Crippen LogP contribution in [0.25, 0.3) is 76.4 Å². The van der Waals surface area contributed by atoms with Crippen LogP contribution in [0.2, 0.25) is 0 Å². The molecule has 188 valence electrons. The minimum atomic E-state index is 0.691. The van der Waals surface area contributed by atoms with Gasteiger partial charge in [0.25, 0.3) is 0 Å². The third-order valence-electron chi connectivity index (χ3n) is 7.31. The fraction of sp³-hybridized carbons (Fsp3) is 0. The third kappa shape index (κ3) is 3.89. The predicted molar refractivity (Wildman–Crippen MR) is 166 cm³/mol. The monoisotopic (exact) mass is 530 g/mol. The first-order valence-corrected chi connectivity index (χ1v) is 14.1. The minimum absolute atomic E-state index is 0.691. The van der Waals surface area contributed by atoms with Gasteiger partial charge in [-0.15, -0.1) is 11.3 Å². The molecule has 0 amide bonds. The fourth-order valence-electron chi connectivity index (χ4n) is 5.37. The van der Waals surface area contributed by atoms with Crippen LogP contribution in [0.5, 0.6) is 0 Å². The van der Waals surface area contributed by atoms with Gasteiger partial charge < -0.3 is 4.42 Å². The number of thiophene rings is 1. The molecular weight excluding hydrogens is 508 g/mol. The molecule has 0 radical (unpaired) electrons. The van der Waals surface area contributed by atoms with Crippen molar-refractivity contribution < 1.29 is 4.42 Å². The molecule has 0 aliphatic rings. The molecule has 0 saturated heterocycles. The molecule has 40 heavy (non-hydrogen) atoms. The molecule has 3 nitrogen and oxygen atoms in total. The summed E-state index contributed by atoms with van der Waals surface area (Å²) in [5.41, 5.74) is 7.69. The third-order valence-corrected chi connectivity index (χ3v) is 8.45. The number of rotatable bonds is 4. The number of fused-ring (bicyclic) bond motifs is 4. The standard InChI is InChI=1S/C36H22N2OS/c1-2-10-23(11-3-1)24-13-8-14-26(20-24)36-37-30(22-31(38-36)34-21-25-12-4-7-19-33(25)40-34)29-17-9-16-28-27-15-5-6-18-32(27)39-35(28)29/h1-22H. The van der Waals surface area contributed by atoms with Crippen LogP contribution in [0.4, 0.5) is 0 Å². The summed E-state index contributed by atoms with van der Waals surface area (Å²) in [4.78, 5) is 11.4. The van der Waals surface area contributed by atoms with Crippen LogP contribution in [0.1, 0.15) is 0 Å². The average Bonchev–Trinajstić information content (AvgIpc) is 3.63. The summed E-state index contributed by atoms with van der Waals surface area (Å²) in [7, 11) is 0. The van der Waals surface area contributed by atoms with Gasteiger partial charge in [0, 0.05) is 26.6 Å². The summed E-state index contributed by atoms with van der Waals surface area (Å²) >= 11 is 1.75. The topological polar surface area (TPSA) is 38.9 Å². The molecule has 4 heteroatoms. The largest absolute Gasteiger partial charge is 0.455 e. The highest BCUT2D eigenvalue weighted by Crippen LogP contribution is 2.39. The van der Waals surface area contributed by atoms with E-state index in [-0.39, 0.29) is 0 Å². The van der Waals surface area contributed by atoms with Crippen molar-refractivity contribution in [2.75, 3.05) is 0 Å². The first-order valence-electron chi connectivity index (χ1n) is 13.2. The second kappa shape index (κ2) is 9.30. The number of benzene rings is 5. The Labute approximate surface area is 235 Å². The average molecular weight is 531 g/mol. The fourth-order valence-corrected chi connectivity index (χ4v) is 6.39. The normalized spacial score (nSPS) is 11.5. The summed E-state index contributed by atoms with van der Waals surface area (Å²) in [6.45, 7) is 0. The van der Waals surface area contributed by atoms with Gasteiger partial charge in [0.1, 0.15) is 11.2 Å². The van der Waals surface area contributed by atoms with E-state index in [4.69, 9.17) is 14.4 Å². The van der Waals surface area contributed by atoms with Gasteiger partial charge in [0.05, 0.1) is 16.3 Å². The van der Waals surface area contributed by atoms with Gasteiger partial charge >= 0.3 is 0 Å². The first-order chi connectivity index (χ1) is 19.8. The number of para-hydroxylation sites is 2. The van der Waals surface area contributed by atoms with Crippen molar-refractivity contribution in [3.8, 4) is 44.3 Å². The number of furan rings is 1. The maximum atomic E-state index is 6.40. The predicted octanol–water partition coefficient (Wildman–Crippen LogP) is 10.3. The Morgan fingerprint density at radius 3 is 2.17 bits per heavy atom. The van der Waals surface area contributed by atoms with E-state index in [1.54, 1.807) is 11.3 Å². The molecule has 0 fully saturated rings. The van der Waals surface area contributed by atoms with Crippen LogP contribution >= 0.6 is 11.3 Å². The Hall–Kier alpha value is -5.06. The number of nitrogens with zero attached hydrogens (tertiary/aromatic N) is 2. The van der Waals surface area contributed by atoms with Gasteiger partial charge in [-0.25, -0.2) is 9.97 Å². The Kier molecular flexibility index (Phi) is 5.32. The summed E-state index contributed by atoms with van der Waals surface area (Å²) in [6, 6.07) is 46.1. The molecule has 0 atom stereocenters. The smallest absolute Gasteiger partial charge is 0.160 e. The van der Waals surface area contributed by atoms with E-state index in [1.165, 1.54) is 10.1 Å². The Bertz CT molecular complexity index is 2140. The van der Waals surface area contributed by atoms with Crippen molar-refractivity contribution >= 4 is 43.4 Å². The Balaban J connectivity index is 1.36. The molecular formula is C36H22N2OS. The molecule has 5 aromatic carbocycles. The van der Waals surface area contributed by atoms with E-state index < -0.39 is 0 Å². The molecule has 8 aromatic rings.